The molecule has 110 valence electrons. The molecule has 0 atom stereocenters. The molecular formula is C15H13BrN6. The van der Waals surface area contributed by atoms with E-state index in [-0.39, 0.29) is 0 Å². The fourth-order valence-electron chi connectivity index (χ4n) is 1.79. The summed E-state index contributed by atoms with van der Waals surface area (Å²) in [6.45, 7) is 0.657. The van der Waals surface area contributed by atoms with Gasteiger partial charge in [-0.25, -0.2) is 15.0 Å². The van der Waals surface area contributed by atoms with E-state index in [9.17, 15) is 0 Å². The minimum Gasteiger partial charge on any atom is -0.350 e. The Kier molecular flexibility index (Phi) is 4.55. The van der Waals surface area contributed by atoms with Gasteiger partial charge in [-0.15, -0.1) is 0 Å². The normalized spacial score (nSPS) is 10.2. The molecule has 0 fully saturated rings. The molecule has 6 nitrogen and oxygen atoms in total. The van der Waals surface area contributed by atoms with Crippen LogP contribution in [0.25, 0.3) is 0 Å². The zero-order valence-corrected chi connectivity index (χ0v) is 13.2. The molecule has 2 heterocycles. The van der Waals surface area contributed by atoms with E-state index >= 15 is 0 Å². The van der Waals surface area contributed by atoms with Gasteiger partial charge in [-0.1, -0.05) is 28.1 Å². The average molecular weight is 357 g/mol. The first-order chi connectivity index (χ1) is 10.8. The summed E-state index contributed by atoms with van der Waals surface area (Å²) in [6.07, 6.45) is 4.85. The van der Waals surface area contributed by atoms with E-state index in [0.29, 0.717) is 24.1 Å². The minimum atomic E-state index is 0.557. The molecule has 22 heavy (non-hydrogen) atoms. The summed E-state index contributed by atoms with van der Waals surface area (Å²) in [5.41, 5.74) is 1.15. The lowest BCUT2D eigenvalue weighted by molar-refractivity contribution is 1.05. The zero-order valence-electron chi connectivity index (χ0n) is 11.6. The first-order valence-corrected chi connectivity index (χ1v) is 7.43. The van der Waals surface area contributed by atoms with E-state index in [2.05, 4.69) is 46.5 Å². The Bertz CT molecular complexity index is 733. The molecule has 0 amide bonds. The maximum atomic E-state index is 4.40. The van der Waals surface area contributed by atoms with Gasteiger partial charge < -0.3 is 10.6 Å². The summed E-state index contributed by atoms with van der Waals surface area (Å²) >= 11 is 3.42. The Morgan fingerprint density at radius 3 is 2.50 bits per heavy atom. The molecule has 0 spiro atoms. The maximum Gasteiger partial charge on any atom is 0.224 e. The molecule has 0 unspecified atom stereocenters. The number of rotatable bonds is 5. The van der Waals surface area contributed by atoms with Gasteiger partial charge in [0, 0.05) is 23.4 Å². The van der Waals surface area contributed by atoms with Crippen LogP contribution in [0.2, 0.25) is 0 Å². The largest absolute Gasteiger partial charge is 0.350 e. The van der Waals surface area contributed by atoms with Crippen molar-refractivity contribution in [2.45, 2.75) is 6.54 Å². The molecule has 0 aliphatic rings. The third-order valence-electron chi connectivity index (χ3n) is 2.86. The highest BCUT2D eigenvalue weighted by atomic mass is 79.9. The zero-order chi connectivity index (χ0) is 15.2. The molecule has 1 aromatic carbocycles. The molecule has 0 aliphatic heterocycles. The number of benzene rings is 1. The number of hydrogen-bond donors (Lipinski definition) is 2. The molecule has 0 saturated carbocycles. The molecule has 7 heteroatoms. The molecule has 2 N–H and O–H groups in total. The lowest BCUT2D eigenvalue weighted by atomic mass is 10.2. The van der Waals surface area contributed by atoms with Crippen LogP contribution in [0, 0.1) is 0 Å². The third-order valence-corrected chi connectivity index (χ3v) is 3.39. The van der Waals surface area contributed by atoms with Crippen LogP contribution < -0.4 is 10.6 Å². The summed E-state index contributed by atoms with van der Waals surface area (Å²) in [5, 5.41) is 6.30. The van der Waals surface area contributed by atoms with Crippen LogP contribution in [0.5, 0.6) is 0 Å². The average Bonchev–Trinajstić information content (AvgIpc) is 2.56. The van der Waals surface area contributed by atoms with Gasteiger partial charge in [-0.05, 0) is 29.8 Å². The van der Waals surface area contributed by atoms with Crippen molar-refractivity contribution in [3.05, 3.63) is 65.2 Å². The molecule has 0 radical (unpaired) electrons. The number of aromatic nitrogens is 4. The highest BCUT2D eigenvalue weighted by molar-refractivity contribution is 9.10. The molecular weight excluding hydrogens is 344 g/mol. The second-order valence-electron chi connectivity index (χ2n) is 4.47. The summed E-state index contributed by atoms with van der Waals surface area (Å²) in [7, 11) is 0. The van der Waals surface area contributed by atoms with Crippen LogP contribution in [-0.2, 0) is 6.54 Å². The van der Waals surface area contributed by atoms with Gasteiger partial charge >= 0.3 is 0 Å². The van der Waals surface area contributed by atoms with Gasteiger partial charge in [-0.3, -0.25) is 0 Å². The van der Waals surface area contributed by atoms with Crippen molar-refractivity contribution < 1.29 is 0 Å². The number of anilines is 3. The number of nitrogens with one attached hydrogen (secondary N) is 2. The predicted molar refractivity (Wildman–Crippen MR) is 88.8 cm³/mol. The van der Waals surface area contributed by atoms with Crippen LogP contribution in [0.3, 0.4) is 0 Å². The lowest BCUT2D eigenvalue weighted by Crippen LogP contribution is -2.05. The lowest BCUT2D eigenvalue weighted by Gasteiger charge is -2.08. The highest BCUT2D eigenvalue weighted by Crippen LogP contribution is 2.14. The minimum absolute atomic E-state index is 0.557. The Balaban J connectivity index is 1.65. The third kappa shape index (κ3) is 3.98. The van der Waals surface area contributed by atoms with Gasteiger partial charge in [0.15, 0.2) is 0 Å². The standard InChI is InChI=1S/C15H13BrN6/c16-12-3-1-11(2-4-12)9-19-15-18-8-6-14(22-15)21-13-5-7-17-10-20-13/h1-8,10H,9H2,(H2,17,18,19,20,21,22). The summed E-state index contributed by atoms with van der Waals surface area (Å²) in [6, 6.07) is 11.7. The molecule has 0 bridgehead atoms. The van der Waals surface area contributed by atoms with Crippen molar-refractivity contribution in [3.63, 3.8) is 0 Å². The summed E-state index contributed by atoms with van der Waals surface area (Å²) in [5.74, 6) is 1.92. The van der Waals surface area contributed by atoms with Crippen LogP contribution >= 0.6 is 15.9 Å². The highest BCUT2D eigenvalue weighted by Gasteiger charge is 2.01. The number of halogens is 1. The van der Waals surface area contributed by atoms with Gasteiger partial charge in [0.1, 0.15) is 18.0 Å². The van der Waals surface area contributed by atoms with Gasteiger partial charge in [0.05, 0.1) is 0 Å². The summed E-state index contributed by atoms with van der Waals surface area (Å²) < 4.78 is 1.06. The van der Waals surface area contributed by atoms with Crippen LogP contribution in [0.15, 0.2) is 59.6 Å². The van der Waals surface area contributed by atoms with Crippen molar-refractivity contribution >= 4 is 33.5 Å². The Hall–Kier alpha value is -2.54. The topological polar surface area (TPSA) is 75.6 Å². The van der Waals surface area contributed by atoms with Crippen molar-refractivity contribution in [2.75, 3.05) is 10.6 Å². The second-order valence-corrected chi connectivity index (χ2v) is 5.38. The van der Waals surface area contributed by atoms with Gasteiger partial charge in [0.25, 0.3) is 0 Å². The quantitative estimate of drug-likeness (QED) is 0.729. The van der Waals surface area contributed by atoms with Crippen molar-refractivity contribution in [1.29, 1.82) is 0 Å². The number of nitrogens with zero attached hydrogens (tertiary/aromatic N) is 4. The second kappa shape index (κ2) is 6.95. The first-order valence-electron chi connectivity index (χ1n) is 6.64. The first kappa shape index (κ1) is 14.4. The van der Waals surface area contributed by atoms with E-state index in [0.717, 1.165) is 10.0 Å². The maximum absolute atomic E-state index is 4.40. The Morgan fingerprint density at radius 2 is 1.73 bits per heavy atom. The van der Waals surface area contributed by atoms with Gasteiger partial charge in [-0.2, -0.15) is 4.98 Å². The smallest absolute Gasteiger partial charge is 0.224 e. The fraction of sp³-hybridized carbons (Fsp3) is 0.0667. The molecule has 3 rings (SSSR count). The summed E-state index contributed by atoms with van der Waals surface area (Å²) in [4.78, 5) is 16.6. The van der Waals surface area contributed by atoms with Crippen LogP contribution in [0.1, 0.15) is 5.56 Å². The molecule has 0 saturated heterocycles. The van der Waals surface area contributed by atoms with Crippen LogP contribution in [-0.4, -0.2) is 19.9 Å². The Morgan fingerprint density at radius 1 is 0.909 bits per heavy atom. The molecule has 2 aromatic heterocycles. The van der Waals surface area contributed by atoms with E-state index in [1.54, 1.807) is 24.5 Å². The predicted octanol–water partition coefficient (Wildman–Crippen LogP) is 3.38. The van der Waals surface area contributed by atoms with Crippen molar-refractivity contribution in [2.24, 2.45) is 0 Å². The van der Waals surface area contributed by atoms with Gasteiger partial charge in [0.2, 0.25) is 5.95 Å². The Labute approximate surface area is 136 Å². The SMILES string of the molecule is Brc1ccc(CNc2nccc(Nc3ccncn3)n2)cc1. The van der Waals surface area contributed by atoms with Crippen molar-refractivity contribution in [1.82, 2.24) is 19.9 Å². The number of hydrogen-bond acceptors (Lipinski definition) is 6. The van der Waals surface area contributed by atoms with E-state index < -0.39 is 0 Å². The monoisotopic (exact) mass is 356 g/mol. The molecule has 3 aromatic rings. The van der Waals surface area contributed by atoms with E-state index in [1.165, 1.54) is 6.33 Å². The molecule has 0 aliphatic carbocycles. The van der Waals surface area contributed by atoms with Crippen LogP contribution in [0.4, 0.5) is 17.6 Å². The van der Waals surface area contributed by atoms with E-state index in [4.69, 9.17) is 0 Å². The fourth-order valence-corrected chi connectivity index (χ4v) is 2.06. The van der Waals surface area contributed by atoms with E-state index in [1.807, 2.05) is 24.3 Å². The van der Waals surface area contributed by atoms with Crippen molar-refractivity contribution in [3.8, 4) is 0 Å².